The molecule has 2 heterocycles. The third kappa shape index (κ3) is 3.23. The number of thiophene rings is 1. The lowest BCUT2D eigenvalue weighted by molar-refractivity contribution is -0.138. The van der Waals surface area contributed by atoms with Crippen LogP contribution in [0.5, 0.6) is 0 Å². The summed E-state index contributed by atoms with van der Waals surface area (Å²) in [5, 5.41) is 13.3. The van der Waals surface area contributed by atoms with Crippen molar-refractivity contribution in [2.75, 3.05) is 6.54 Å². The fourth-order valence-corrected chi connectivity index (χ4v) is 3.28. The van der Waals surface area contributed by atoms with Gasteiger partial charge in [0, 0.05) is 11.4 Å². The lowest BCUT2D eigenvalue weighted by Crippen LogP contribution is -2.40. The predicted molar refractivity (Wildman–Crippen MR) is 79.2 cm³/mol. The van der Waals surface area contributed by atoms with Gasteiger partial charge in [0.2, 0.25) is 0 Å². The molecule has 0 spiro atoms. The Morgan fingerprint density at radius 2 is 2.15 bits per heavy atom. The van der Waals surface area contributed by atoms with Gasteiger partial charge in [-0.2, -0.15) is 0 Å². The van der Waals surface area contributed by atoms with Crippen LogP contribution < -0.4 is 0 Å². The van der Waals surface area contributed by atoms with Crippen molar-refractivity contribution in [1.82, 2.24) is 9.88 Å². The van der Waals surface area contributed by atoms with Gasteiger partial charge in [-0.15, -0.1) is 22.7 Å². The Bertz CT molecular complexity index is 605. The van der Waals surface area contributed by atoms with Crippen molar-refractivity contribution in [2.24, 2.45) is 0 Å². The van der Waals surface area contributed by atoms with Gasteiger partial charge in [-0.3, -0.25) is 9.59 Å². The summed E-state index contributed by atoms with van der Waals surface area (Å²) in [7, 11) is 0. The molecule has 20 heavy (non-hydrogen) atoms. The summed E-state index contributed by atoms with van der Waals surface area (Å²) in [5.74, 6) is -1.37. The van der Waals surface area contributed by atoms with Gasteiger partial charge < -0.3 is 10.0 Å². The van der Waals surface area contributed by atoms with Crippen molar-refractivity contribution in [3.63, 3.8) is 0 Å². The van der Waals surface area contributed by atoms with Crippen LogP contribution in [0, 0.1) is 0 Å². The van der Waals surface area contributed by atoms with Crippen molar-refractivity contribution in [3.05, 3.63) is 28.6 Å². The number of carboxylic acid groups (broad SMARTS) is 1. The molecule has 0 aliphatic heterocycles. The molecule has 0 unspecified atom stereocenters. The van der Waals surface area contributed by atoms with Crippen LogP contribution in [0.15, 0.2) is 22.9 Å². The molecule has 2 aromatic heterocycles. The average molecular weight is 310 g/mol. The highest BCUT2D eigenvalue weighted by Crippen LogP contribution is 2.28. The fraction of sp³-hybridized carbons (Fsp3) is 0.308. The van der Waals surface area contributed by atoms with Crippen LogP contribution in [-0.4, -0.2) is 39.5 Å². The number of aliphatic carboxylic acids is 1. The Balaban J connectivity index is 2.22. The van der Waals surface area contributed by atoms with Crippen molar-refractivity contribution >= 4 is 34.6 Å². The molecule has 7 heteroatoms. The summed E-state index contributed by atoms with van der Waals surface area (Å²) >= 11 is 2.94. The number of carbonyl (C=O) groups excluding carboxylic acids is 1. The zero-order chi connectivity index (χ0) is 14.7. The lowest BCUT2D eigenvalue weighted by atomic mass is 10.3. The van der Waals surface area contributed by atoms with E-state index in [1.807, 2.05) is 17.5 Å². The molecule has 0 aromatic carbocycles. The van der Waals surface area contributed by atoms with Gasteiger partial charge in [0.25, 0.3) is 5.91 Å². The number of aromatic nitrogens is 1. The number of hydrogen-bond acceptors (Lipinski definition) is 5. The first kappa shape index (κ1) is 14.7. The van der Waals surface area contributed by atoms with E-state index in [4.69, 9.17) is 5.11 Å². The first-order valence-corrected chi connectivity index (χ1v) is 7.77. The quantitative estimate of drug-likeness (QED) is 0.922. The Kier molecular flexibility index (Phi) is 4.51. The van der Waals surface area contributed by atoms with E-state index in [0.717, 1.165) is 9.88 Å². The van der Waals surface area contributed by atoms with Crippen molar-refractivity contribution in [1.29, 1.82) is 0 Å². The minimum atomic E-state index is -1.03. The molecule has 0 bridgehead atoms. The fourth-order valence-electron chi connectivity index (χ4n) is 1.67. The maximum absolute atomic E-state index is 12.3. The summed E-state index contributed by atoms with van der Waals surface area (Å²) < 4.78 is 0. The highest BCUT2D eigenvalue weighted by molar-refractivity contribution is 7.20. The minimum absolute atomic E-state index is 0.189. The molecule has 0 saturated heterocycles. The number of thiazole rings is 1. The van der Waals surface area contributed by atoms with E-state index in [0.29, 0.717) is 5.69 Å². The van der Waals surface area contributed by atoms with Crippen LogP contribution in [0.2, 0.25) is 0 Å². The highest BCUT2D eigenvalue weighted by atomic mass is 32.1. The molecule has 1 amide bonds. The van der Waals surface area contributed by atoms with Gasteiger partial charge in [0.15, 0.2) is 0 Å². The van der Waals surface area contributed by atoms with Gasteiger partial charge in [-0.25, -0.2) is 4.98 Å². The maximum Gasteiger partial charge on any atom is 0.323 e. The van der Waals surface area contributed by atoms with Gasteiger partial charge in [0.1, 0.15) is 17.2 Å². The standard InChI is InChI=1S/C13H14N2O3S2/c1-8(2)15(6-11(16)17)13(18)9-7-20-12(14-9)10-4-3-5-19-10/h3-5,7-8H,6H2,1-2H3,(H,16,17). The molecule has 0 saturated carbocycles. The Hall–Kier alpha value is -1.73. The van der Waals surface area contributed by atoms with Gasteiger partial charge in [-0.05, 0) is 25.3 Å². The third-order valence-corrected chi connectivity index (χ3v) is 4.53. The highest BCUT2D eigenvalue weighted by Gasteiger charge is 2.23. The smallest absolute Gasteiger partial charge is 0.323 e. The second-order valence-electron chi connectivity index (χ2n) is 4.44. The van der Waals surface area contributed by atoms with Crippen LogP contribution in [0.3, 0.4) is 0 Å². The molecule has 0 aliphatic carbocycles. The summed E-state index contributed by atoms with van der Waals surface area (Å²) in [6.07, 6.45) is 0. The third-order valence-electron chi connectivity index (χ3n) is 2.65. The normalized spacial score (nSPS) is 10.8. The Labute approximate surface area is 124 Å². The maximum atomic E-state index is 12.3. The SMILES string of the molecule is CC(C)N(CC(=O)O)C(=O)c1csc(-c2cccs2)n1. The van der Waals surface area contributed by atoms with Crippen LogP contribution in [0.4, 0.5) is 0 Å². The number of amides is 1. The largest absolute Gasteiger partial charge is 0.480 e. The van der Waals surface area contributed by atoms with E-state index >= 15 is 0 Å². The summed E-state index contributed by atoms with van der Waals surface area (Å²) in [6.45, 7) is 3.25. The zero-order valence-corrected chi connectivity index (χ0v) is 12.7. The van der Waals surface area contributed by atoms with Crippen LogP contribution in [0.25, 0.3) is 9.88 Å². The van der Waals surface area contributed by atoms with Crippen LogP contribution in [0.1, 0.15) is 24.3 Å². The second-order valence-corrected chi connectivity index (χ2v) is 6.24. The molecule has 5 nitrogen and oxygen atoms in total. The van der Waals surface area contributed by atoms with Gasteiger partial charge >= 0.3 is 5.97 Å². The molecule has 0 atom stereocenters. The molecule has 0 fully saturated rings. The summed E-state index contributed by atoms with van der Waals surface area (Å²) in [4.78, 5) is 29.8. The van der Waals surface area contributed by atoms with Crippen molar-refractivity contribution < 1.29 is 14.7 Å². The van der Waals surface area contributed by atoms with E-state index in [1.165, 1.54) is 16.2 Å². The van der Waals surface area contributed by atoms with E-state index in [2.05, 4.69) is 4.98 Å². The number of carbonyl (C=O) groups is 2. The second kappa shape index (κ2) is 6.15. The number of carboxylic acids is 1. The number of rotatable bonds is 5. The minimum Gasteiger partial charge on any atom is -0.480 e. The first-order chi connectivity index (χ1) is 9.49. The van der Waals surface area contributed by atoms with Crippen LogP contribution in [-0.2, 0) is 4.79 Å². The van der Waals surface area contributed by atoms with E-state index in [9.17, 15) is 9.59 Å². The van der Waals surface area contributed by atoms with Crippen molar-refractivity contribution in [2.45, 2.75) is 19.9 Å². The molecule has 2 aromatic rings. The predicted octanol–water partition coefficient (Wildman–Crippen LogP) is 2.81. The average Bonchev–Trinajstić information content (AvgIpc) is 3.04. The first-order valence-electron chi connectivity index (χ1n) is 6.01. The van der Waals surface area contributed by atoms with Gasteiger partial charge in [-0.1, -0.05) is 6.07 Å². The molecule has 0 aliphatic rings. The molecular weight excluding hydrogens is 296 g/mol. The van der Waals surface area contributed by atoms with Crippen LogP contribution >= 0.6 is 22.7 Å². The number of nitrogens with zero attached hydrogens (tertiary/aromatic N) is 2. The van der Waals surface area contributed by atoms with Crippen molar-refractivity contribution in [3.8, 4) is 9.88 Å². The Morgan fingerprint density at radius 3 is 2.70 bits per heavy atom. The molecule has 1 N–H and O–H groups in total. The lowest BCUT2D eigenvalue weighted by Gasteiger charge is -2.23. The number of hydrogen-bond donors (Lipinski definition) is 1. The van der Waals surface area contributed by atoms with Gasteiger partial charge in [0.05, 0.1) is 4.88 Å². The van der Waals surface area contributed by atoms with E-state index in [-0.39, 0.29) is 18.5 Å². The Morgan fingerprint density at radius 1 is 1.40 bits per heavy atom. The summed E-state index contributed by atoms with van der Waals surface area (Å²) in [6, 6.07) is 3.67. The molecule has 106 valence electrons. The molecule has 0 radical (unpaired) electrons. The summed E-state index contributed by atoms with van der Waals surface area (Å²) in [5.41, 5.74) is 0.299. The molecule has 2 rings (SSSR count). The monoisotopic (exact) mass is 310 g/mol. The zero-order valence-electron chi connectivity index (χ0n) is 11.1. The van der Waals surface area contributed by atoms with E-state index in [1.54, 1.807) is 30.6 Å². The van der Waals surface area contributed by atoms with E-state index < -0.39 is 5.97 Å². The molecular formula is C13H14N2O3S2. The topological polar surface area (TPSA) is 70.5 Å².